The first-order valence-corrected chi connectivity index (χ1v) is 11.8. The molecule has 6 nitrogen and oxygen atoms in total. The molecule has 1 N–H and O–H groups in total. The van der Waals surface area contributed by atoms with Crippen molar-refractivity contribution in [2.45, 2.75) is 36.7 Å². The molecular weight excluding hydrogens is 398 g/mol. The number of carbonyl (C=O) groups excluding carboxylic acids is 1. The highest BCUT2D eigenvalue weighted by atomic mass is 32.2. The summed E-state index contributed by atoms with van der Waals surface area (Å²) in [6.45, 7) is 2.88. The number of sulfonamides is 1. The number of amides is 1. The summed E-state index contributed by atoms with van der Waals surface area (Å²) in [5, 5.41) is 3.05. The lowest BCUT2D eigenvalue weighted by molar-refractivity contribution is -0.127. The van der Waals surface area contributed by atoms with Crippen LogP contribution in [0.4, 0.5) is 0 Å². The van der Waals surface area contributed by atoms with Gasteiger partial charge in [0.2, 0.25) is 15.9 Å². The molecule has 3 atom stereocenters. The summed E-state index contributed by atoms with van der Waals surface area (Å²) in [6, 6.07) is 17.9. The minimum absolute atomic E-state index is 0.00136. The van der Waals surface area contributed by atoms with Crippen LogP contribution in [0.1, 0.15) is 31.4 Å². The van der Waals surface area contributed by atoms with Crippen molar-refractivity contribution in [1.29, 1.82) is 0 Å². The van der Waals surface area contributed by atoms with E-state index in [4.69, 9.17) is 0 Å². The normalized spacial score (nSPS) is 21.3. The molecule has 1 fully saturated rings. The van der Waals surface area contributed by atoms with Crippen LogP contribution in [0, 0.1) is 5.92 Å². The molecule has 3 rings (SSSR count). The van der Waals surface area contributed by atoms with Crippen molar-refractivity contribution >= 4 is 15.9 Å². The van der Waals surface area contributed by atoms with Gasteiger partial charge >= 0.3 is 0 Å². The number of nitrogens with zero attached hydrogens (tertiary/aromatic N) is 2. The molecule has 0 aliphatic carbocycles. The third-order valence-electron chi connectivity index (χ3n) is 5.47. The van der Waals surface area contributed by atoms with E-state index in [0.29, 0.717) is 12.8 Å². The molecular formula is C23H31N3O3S. The Labute approximate surface area is 179 Å². The van der Waals surface area contributed by atoms with Gasteiger partial charge in [0.05, 0.1) is 16.9 Å². The highest BCUT2D eigenvalue weighted by Crippen LogP contribution is 2.37. The van der Waals surface area contributed by atoms with Crippen LogP contribution in [0.5, 0.6) is 0 Å². The van der Waals surface area contributed by atoms with Crippen LogP contribution >= 0.6 is 0 Å². The molecule has 0 bridgehead atoms. The van der Waals surface area contributed by atoms with Crippen LogP contribution in [-0.2, 0) is 14.8 Å². The number of rotatable bonds is 7. The van der Waals surface area contributed by atoms with E-state index in [1.165, 1.54) is 4.31 Å². The fraction of sp³-hybridized carbons (Fsp3) is 0.435. The SMILES string of the molecule is CC(CN(C)C)NC(=O)C1CCC(c2ccccc2)N(S(=O)(=O)c2ccccc2)C1. The molecule has 30 heavy (non-hydrogen) atoms. The lowest BCUT2D eigenvalue weighted by atomic mass is 9.90. The highest BCUT2D eigenvalue weighted by Gasteiger charge is 2.40. The molecule has 0 radical (unpaired) electrons. The fourth-order valence-corrected chi connectivity index (χ4v) is 5.82. The van der Waals surface area contributed by atoms with Crippen LogP contribution in [0.25, 0.3) is 0 Å². The average Bonchev–Trinajstić information content (AvgIpc) is 2.74. The Bertz CT molecular complexity index is 933. The molecule has 162 valence electrons. The van der Waals surface area contributed by atoms with Crippen molar-refractivity contribution in [3.8, 4) is 0 Å². The molecule has 2 aromatic carbocycles. The van der Waals surface area contributed by atoms with E-state index in [1.807, 2.05) is 56.3 Å². The first kappa shape index (κ1) is 22.5. The monoisotopic (exact) mass is 429 g/mol. The first-order chi connectivity index (χ1) is 14.3. The summed E-state index contributed by atoms with van der Waals surface area (Å²) in [4.78, 5) is 15.2. The Morgan fingerprint density at radius 1 is 1.07 bits per heavy atom. The highest BCUT2D eigenvalue weighted by molar-refractivity contribution is 7.89. The summed E-state index contributed by atoms with van der Waals surface area (Å²) in [6.07, 6.45) is 1.26. The van der Waals surface area contributed by atoms with Crippen molar-refractivity contribution in [2.75, 3.05) is 27.2 Å². The van der Waals surface area contributed by atoms with E-state index in [-0.39, 0.29) is 35.3 Å². The van der Waals surface area contributed by atoms with Gasteiger partial charge in [0.25, 0.3) is 0 Å². The number of hydrogen-bond donors (Lipinski definition) is 1. The average molecular weight is 430 g/mol. The second-order valence-electron chi connectivity index (χ2n) is 8.26. The number of carbonyl (C=O) groups is 1. The molecule has 0 spiro atoms. The standard InChI is InChI=1S/C23H31N3O3S/c1-18(16-25(2)3)24-23(27)20-14-15-22(19-10-6-4-7-11-19)26(17-20)30(28,29)21-12-8-5-9-13-21/h4-13,18,20,22H,14-17H2,1-3H3,(H,24,27). The van der Waals surface area contributed by atoms with E-state index >= 15 is 0 Å². The molecule has 1 aliphatic heterocycles. The number of likely N-dealkylation sites (N-methyl/N-ethyl adjacent to an activating group) is 1. The van der Waals surface area contributed by atoms with Gasteiger partial charge in [-0.1, -0.05) is 48.5 Å². The topological polar surface area (TPSA) is 69.7 Å². The minimum Gasteiger partial charge on any atom is -0.352 e. The maximum absolute atomic E-state index is 13.5. The summed E-state index contributed by atoms with van der Waals surface area (Å²) in [5.74, 6) is -0.447. The fourth-order valence-electron chi connectivity index (χ4n) is 4.11. The van der Waals surface area contributed by atoms with Gasteiger partial charge in [-0.2, -0.15) is 4.31 Å². The number of benzene rings is 2. The van der Waals surface area contributed by atoms with Gasteiger partial charge < -0.3 is 10.2 Å². The Hall–Kier alpha value is -2.22. The molecule has 3 unspecified atom stereocenters. The van der Waals surface area contributed by atoms with Crippen molar-refractivity contribution in [3.05, 3.63) is 66.2 Å². The molecule has 1 heterocycles. The molecule has 7 heteroatoms. The van der Waals surface area contributed by atoms with Gasteiger partial charge in [-0.05, 0) is 51.6 Å². The maximum Gasteiger partial charge on any atom is 0.243 e. The van der Waals surface area contributed by atoms with Crippen LogP contribution in [0.2, 0.25) is 0 Å². The number of hydrogen-bond acceptors (Lipinski definition) is 4. The molecule has 1 amide bonds. The van der Waals surface area contributed by atoms with E-state index < -0.39 is 10.0 Å². The molecule has 2 aromatic rings. The molecule has 0 aromatic heterocycles. The Balaban J connectivity index is 1.86. The zero-order chi connectivity index (χ0) is 21.7. The van der Waals surface area contributed by atoms with Gasteiger partial charge in [0, 0.05) is 19.1 Å². The van der Waals surface area contributed by atoms with E-state index in [0.717, 1.165) is 12.1 Å². The van der Waals surface area contributed by atoms with Gasteiger partial charge in [-0.15, -0.1) is 0 Å². The van der Waals surface area contributed by atoms with Crippen LogP contribution in [-0.4, -0.2) is 56.8 Å². The molecule has 0 saturated carbocycles. The molecule has 1 aliphatic rings. The van der Waals surface area contributed by atoms with Crippen LogP contribution in [0.15, 0.2) is 65.6 Å². The summed E-state index contributed by atoms with van der Waals surface area (Å²) in [7, 11) is 0.192. The van der Waals surface area contributed by atoms with Gasteiger partial charge in [0.1, 0.15) is 0 Å². The summed E-state index contributed by atoms with van der Waals surface area (Å²) < 4.78 is 28.5. The van der Waals surface area contributed by atoms with Crippen molar-refractivity contribution < 1.29 is 13.2 Å². The van der Waals surface area contributed by atoms with Gasteiger partial charge in [-0.3, -0.25) is 4.79 Å². The van der Waals surface area contributed by atoms with Gasteiger partial charge in [0.15, 0.2) is 0 Å². The predicted molar refractivity (Wildman–Crippen MR) is 118 cm³/mol. The van der Waals surface area contributed by atoms with Crippen molar-refractivity contribution in [3.63, 3.8) is 0 Å². The largest absolute Gasteiger partial charge is 0.352 e. The smallest absolute Gasteiger partial charge is 0.243 e. The Kier molecular flexibility index (Phi) is 7.28. The third kappa shape index (κ3) is 5.28. The predicted octanol–water partition coefficient (Wildman–Crippen LogP) is 2.89. The number of nitrogens with one attached hydrogen (secondary N) is 1. The zero-order valence-electron chi connectivity index (χ0n) is 17.9. The summed E-state index contributed by atoms with van der Waals surface area (Å²) >= 11 is 0. The van der Waals surface area contributed by atoms with Gasteiger partial charge in [-0.25, -0.2) is 8.42 Å². The third-order valence-corrected chi connectivity index (χ3v) is 7.36. The first-order valence-electron chi connectivity index (χ1n) is 10.4. The Morgan fingerprint density at radius 3 is 2.27 bits per heavy atom. The second-order valence-corrected chi connectivity index (χ2v) is 10.2. The zero-order valence-corrected chi connectivity index (χ0v) is 18.7. The van der Waals surface area contributed by atoms with E-state index in [2.05, 4.69) is 5.32 Å². The molecule has 1 saturated heterocycles. The van der Waals surface area contributed by atoms with Crippen molar-refractivity contribution in [1.82, 2.24) is 14.5 Å². The summed E-state index contributed by atoms with van der Waals surface area (Å²) in [5.41, 5.74) is 0.955. The minimum atomic E-state index is -3.73. The quantitative estimate of drug-likeness (QED) is 0.735. The maximum atomic E-state index is 13.5. The Morgan fingerprint density at radius 2 is 1.67 bits per heavy atom. The van der Waals surface area contributed by atoms with E-state index in [1.54, 1.807) is 30.3 Å². The van der Waals surface area contributed by atoms with E-state index in [9.17, 15) is 13.2 Å². The lowest BCUT2D eigenvalue weighted by Gasteiger charge is -2.38. The van der Waals surface area contributed by atoms with Crippen LogP contribution in [0.3, 0.4) is 0 Å². The lowest BCUT2D eigenvalue weighted by Crippen LogP contribution is -2.49. The number of piperidine rings is 1. The van der Waals surface area contributed by atoms with Crippen LogP contribution < -0.4 is 5.32 Å². The second kappa shape index (κ2) is 9.73. The van der Waals surface area contributed by atoms with Crippen molar-refractivity contribution in [2.24, 2.45) is 5.92 Å².